The van der Waals surface area contributed by atoms with Gasteiger partial charge in [-0.1, -0.05) is 57.9 Å². The number of ether oxygens (including phenoxy) is 1. The third-order valence-corrected chi connectivity index (χ3v) is 4.72. The van der Waals surface area contributed by atoms with Gasteiger partial charge >= 0.3 is 12.1 Å². The second-order valence-corrected chi connectivity index (χ2v) is 7.07. The Morgan fingerprint density at radius 3 is 2.62 bits per heavy atom. The van der Waals surface area contributed by atoms with Crippen molar-refractivity contribution in [3.63, 3.8) is 0 Å². The van der Waals surface area contributed by atoms with E-state index in [9.17, 15) is 9.59 Å². The van der Waals surface area contributed by atoms with Crippen molar-refractivity contribution < 1.29 is 19.4 Å². The van der Waals surface area contributed by atoms with Crippen LogP contribution < -0.4 is 5.32 Å². The fourth-order valence-electron chi connectivity index (χ4n) is 2.42. The minimum absolute atomic E-state index is 0.0538. The number of halogens is 2. The molecular formula is C19H19BrClNO4. The predicted octanol–water partition coefficient (Wildman–Crippen LogP) is 4.80. The van der Waals surface area contributed by atoms with Crippen molar-refractivity contribution in [2.24, 2.45) is 0 Å². The number of hydrogen-bond donors (Lipinski definition) is 2. The van der Waals surface area contributed by atoms with Gasteiger partial charge in [0.25, 0.3) is 0 Å². The van der Waals surface area contributed by atoms with Crippen LogP contribution in [0.3, 0.4) is 0 Å². The van der Waals surface area contributed by atoms with Gasteiger partial charge in [-0.05, 0) is 42.2 Å². The molecule has 7 heteroatoms. The molecule has 0 saturated heterocycles. The molecule has 1 unspecified atom stereocenters. The van der Waals surface area contributed by atoms with E-state index in [1.54, 1.807) is 12.1 Å². The molecule has 5 nitrogen and oxygen atoms in total. The first-order valence-corrected chi connectivity index (χ1v) is 9.24. The largest absolute Gasteiger partial charge is 0.481 e. The summed E-state index contributed by atoms with van der Waals surface area (Å²) < 4.78 is 6.07. The van der Waals surface area contributed by atoms with Crippen LogP contribution in [0.2, 0.25) is 5.02 Å². The summed E-state index contributed by atoms with van der Waals surface area (Å²) in [6, 6.07) is 14.3. The first kappa shape index (κ1) is 20.3. The van der Waals surface area contributed by atoms with E-state index in [0.29, 0.717) is 11.4 Å². The molecule has 1 amide bonds. The van der Waals surface area contributed by atoms with Crippen molar-refractivity contribution >= 4 is 39.6 Å². The van der Waals surface area contributed by atoms with Gasteiger partial charge in [0.15, 0.2) is 0 Å². The number of benzene rings is 2. The monoisotopic (exact) mass is 439 g/mol. The van der Waals surface area contributed by atoms with E-state index in [4.69, 9.17) is 21.4 Å². The second-order valence-electron chi connectivity index (χ2n) is 5.78. The van der Waals surface area contributed by atoms with Crippen LogP contribution in [0.5, 0.6) is 0 Å². The average molecular weight is 441 g/mol. The molecule has 0 aliphatic heterocycles. The van der Waals surface area contributed by atoms with E-state index in [1.165, 1.54) is 0 Å². The number of aliphatic carboxylic acids is 1. The molecule has 0 bridgehead atoms. The van der Waals surface area contributed by atoms with Crippen molar-refractivity contribution in [1.82, 2.24) is 5.32 Å². The minimum atomic E-state index is -0.917. The summed E-state index contributed by atoms with van der Waals surface area (Å²) in [5, 5.41) is 12.3. The summed E-state index contributed by atoms with van der Waals surface area (Å²) in [6.45, 7) is 0.152. The van der Waals surface area contributed by atoms with Crippen LogP contribution in [-0.2, 0) is 22.6 Å². The first-order chi connectivity index (χ1) is 12.4. The highest BCUT2D eigenvalue weighted by molar-refractivity contribution is 9.10. The zero-order valence-electron chi connectivity index (χ0n) is 14.0. The Bertz CT molecular complexity index is 754. The number of hydrogen-bond acceptors (Lipinski definition) is 3. The maximum Gasteiger partial charge on any atom is 0.407 e. The lowest BCUT2D eigenvalue weighted by atomic mass is 10.0. The standard InChI is InChI=1S/C19H19BrClNO4/c20-17-8-6-15(21)10-14(17)11-16(7-9-18(23)24)22-19(25)26-12-13-4-2-1-3-5-13/h1-6,8,10,16H,7,9,11-12H2,(H,22,25)(H,23,24). The molecule has 2 aromatic carbocycles. The van der Waals surface area contributed by atoms with Crippen LogP contribution in [0.25, 0.3) is 0 Å². The van der Waals surface area contributed by atoms with E-state index in [-0.39, 0.29) is 25.5 Å². The Kier molecular flexibility index (Phi) is 7.94. The predicted molar refractivity (Wildman–Crippen MR) is 103 cm³/mol. The molecular weight excluding hydrogens is 422 g/mol. The lowest BCUT2D eigenvalue weighted by Gasteiger charge is -2.19. The highest BCUT2D eigenvalue weighted by atomic mass is 79.9. The van der Waals surface area contributed by atoms with E-state index < -0.39 is 12.1 Å². The summed E-state index contributed by atoms with van der Waals surface area (Å²) in [6.07, 6.45) is 0.0909. The van der Waals surface area contributed by atoms with Gasteiger partial charge in [0, 0.05) is 22.0 Å². The Morgan fingerprint density at radius 1 is 1.19 bits per heavy atom. The quantitative estimate of drug-likeness (QED) is 0.618. The second kappa shape index (κ2) is 10.2. The summed E-state index contributed by atoms with van der Waals surface area (Å²) in [4.78, 5) is 23.0. The van der Waals surface area contributed by atoms with Gasteiger partial charge in [-0.25, -0.2) is 4.79 Å². The van der Waals surface area contributed by atoms with E-state index in [2.05, 4.69) is 21.2 Å². The number of rotatable bonds is 8. The molecule has 26 heavy (non-hydrogen) atoms. The van der Waals surface area contributed by atoms with Gasteiger partial charge in [-0.15, -0.1) is 0 Å². The summed E-state index contributed by atoms with van der Waals surface area (Å²) in [5.74, 6) is -0.917. The Hall–Kier alpha value is -2.05. The van der Waals surface area contributed by atoms with Gasteiger partial charge in [0.2, 0.25) is 0 Å². The fourth-order valence-corrected chi connectivity index (χ4v) is 3.02. The molecule has 2 rings (SSSR count). The molecule has 0 heterocycles. The lowest BCUT2D eigenvalue weighted by molar-refractivity contribution is -0.137. The highest BCUT2D eigenvalue weighted by Crippen LogP contribution is 2.23. The molecule has 0 radical (unpaired) electrons. The lowest BCUT2D eigenvalue weighted by Crippen LogP contribution is -2.37. The normalized spacial score (nSPS) is 11.6. The number of nitrogens with one attached hydrogen (secondary N) is 1. The van der Waals surface area contributed by atoms with Gasteiger partial charge in [-0.3, -0.25) is 4.79 Å². The Balaban J connectivity index is 1.98. The summed E-state index contributed by atoms with van der Waals surface area (Å²) >= 11 is 9.47. The number of carbonyl (C=O) groups excluding carboxylic acids is 1. The number of carboxylic acid groups (broad SMARTS) is 1. The summed E-state index contributed by atoms with van der Waals surface area (Å²) in [5.41, 5.74) is 1.76. The number of amides is 1. The molecule has 0 aliphatic rings. The zero-order valence-corrected chi connectivity index (χ0v) is 16.3. The molecule has 138 valence electrons. The molecule has 0 aliphatic carbocycles. The van der Waals surface area contributed by atoms with Crippen LogP contribution in [0.4, 0.5) is 4.79 Å². The van der Waals surface area contributed by atoms with Crippen LogP contribution in [0.1, 0.15) is 24.0 Å². The summed E-state index contributed by atoms with van der Waals surface area (Å²) in [7, 11) is 0. The van der Waals surface area contributed by atoms with Gasteiger partial charge < -0.3 is 15.2 Å². The molecule has 2 aromatic rings. The van der Waals surface area contributed by atoms with E-state index >= 15 is 0 Å². The third-order valence-electron chi connectivity index (χ3n) is 3.72. The average Bonchev–Trinajstić information content (AvgIpc) is 2.62. The van der Waals surface area contributed by atoms with Crippen LogP contribution >= 0.6 is 27.5 Å². The van der Waals surface area contributed by atoms with Gasteiger partial charge in [-0.2, -0.15) is 0 Å². The molecule has 0 saturated carbocycles. The van der Waals surface area contributed by atoms with Gasteiger partial charge in [0.1, 0.15) is 6.61 Å². The van der Waals surface area contributed by atoms with Crippen LogP contribution in [0.15, 0.2) is 53.0 Å². The SMILES string of the molecule is O=C(O)CCC(Cc1cc(Cl)ccc1Br)NC(=O)OCc1ccccc1. The number of carbonyl (C=O) groups is 2. The Labute approximate surface area is 165 Å². The zero-order chi connectivity index (χ0) is 18.9. The third kappa shape index (κ3) is 7.06. The van der Waals surface area contributed by atoms with E-state index in [1.807, 2.05) is 36.4 Å². The molecule has 0 aromatic heterocycles. The van der Waals surface area contributed by atoms with Crippen molar-refractivity contribution in [3.05, 3.63) is 69.2 Å². The molecule has 0 fully saturated rings. The number of carboxylic acids is 1. The minimum Gasteiger partial charge on any atom is -0.481 e. The van der Waals surface area contributed by atoms with Crippen LogP contribution in [0, 0.1) is 0 Å². The smallest absolute Gasteiger partial charge is 0.407 e. The van der Waals surface area contributed by atoms with Crippen molar-refractivity contribution in [3.8, 4) is 0 Å². The highest BCUT2D eigenvalue weighted by Gasteiger charge is 2.17. The maximum absolute atomic E-state index is 12.1. The van der Waals surface area contributed by atoms with E-state index in [0.717, 1.165) is 15.6 Å². The molecule has 1 atom stereocenters. The van der Waals surface area contributed by atoms with Gasteiger partial charge in [0.05, 0.1) is 0 Å². The Morgan fingerprint density at radius 2 is 1.92 bits per heavy atom. The topological polar surface area (TPSA) is 75.6 Å². The fraction of sp³-hybridized carbons (Fsp3) is 0.263. The van der Waals surface area contributed by atoms with Crippen molar-refractivity contribution in [2.45, 2.75) is 31.9 Å². The first-order valence-electron chi connectivity index (χ1n) is 8.07. The van der Waals surface area contributed by atoms with Crippen molar-refractivity contribution in [1.29, 1.82) is 0 Å². The van der Waals surface area contributed by atoms with Crippen LogP contribution in [-0.4, -0.2) is 23.2 Å². The number of alkyl carbamates (subject to hydrolysis) is 1. The maximum atomic E-state index is 12.1. The molecule has 2 N–H and O–H groups in total. The van der Waals surface area contributed by atoms with Crippen molar-refractivity contribution in [2.75, 3.05) is 0 Å². The molecule has 0 spiro atoms.